The maximum absolute atomic E-state index is 13.9. The minimum absolute atomic E-state index is 0.0723. The van der Waals surface area contributed by atoms with E-state index in [2.05, 4.69) is 10.9 Å². The SMILES string of the molecule is [C-]#[N+]c1ccc(C2=C/C(=C3\C=C(c4ccc(O)cc4)C(=O)C(c4ccc(C#N)cc4)=C3)C=C(c3ccc(O)cc3)C2=O)cc1. The summed E-state index contributed by atoms with van der Waals surface area (Å²) in [5.41, 5.74) is 6.39. The first-order valence-corrected chi connectivity index (χ1v) is 13.6. The summed E-state index contributed by atoms with van der Waals surface area (Å²) in [5.74, 6) is -0.299. The summed E-state index contributed by atoms with van der Waals surface area (Å²) in [6.45, 7) is 7.29. The van der Waals surface area contributed by atoms with Gasteiger partial charge in [0.15, 0.2) is 17.3 Å². The number of aromatic hydroxyl groups is 2. The average molecular weight is 571 g/mol. The third-order valence-corrected chi connectivity index (χ3v) is 7.50. The fraction of sp³-hybridized carbons (Fsp3) is 0. The Morgan fingerprint density at radius 3 is 1.16 bits per heavy atom. The molecule has 6 rings (SSSR count). The molecule has 0 fully saturated rings. The highest BCUT2D eigenvalue weighted by Gasteiger charge is 2.27. The smallest absolute Gasteiger partial charge is 0.194 e. The van der Waals surface area contributed by atoms with Crippen molar-refractivity contribution < 1.29 is 19.8 Å². The number of nitriles is 1. The predicted octanol–water partition coefficient (Wildman–Crippen LogP) is 7.62. The molecule has 0 aromatic heterocycles. The fourth-order valence-corrected chi connectivity index (χ4v) is 5.17. The second kappa shape index (κ2) is 11.4. The Bertz CT molecular complexity index is 1920. The summed E-state index contributed by atoms with van der Waals surface area (Å²) < 4.78 is 0. The topological polar surface area (TPSA) is 103 Å². The van der Waals surface area contributed by atoms with Gasteiger partial charge in [-0.05, 0) is 94.1 Å². The van der Waals surface area contributed by atoms with Crippen molar-refractivity contribution in [3.8, 4) is 17.6 Å². The zero-order valence-electron chi connectivity index (χ0n) is 23.2. The molecule has 6 nitrogen and oxygen atoms in total. The van der Waals surface area contributed by atoms with Gasteiger partial charge in [0.1, 0.15) is 11.5 Å². The third-order valence-electron chi connectivity index (χ3n) is 7.50. The van der Waals surface area contributed by atoms with Crippen LogP contribution < -0.4 is 0 Å². The van der Waals surface area contributed by atoms with Crippen LogP contribution in [0.25, 0.3) is 27.1 Å². The molecular weight excluding hydrogens is 548 g/mol. The molecule has 0 bridgehead atoms. The fourth-order valence-electron chi connectivity index (χ4n) is 5.17. The standard InChI is InChI=1S/C38H22N2O4/c1-40-30-12-6-25(7-13-30)34-19-29(21-36(38(34)44)27-10-16-32(42)17-11-27)28-18-33(24-4-2-23(22-39)3-5-24)37(43)35(20-28)26-8-14-31(41)15-9-26/h2-21,41-42H/b29-28+. The number of nitrogens with zero attached hydrogens (tertiary/aromatic N) is 2. The first kappa shape index (κ1) is 27.7. The molecule has 4 aromatic carbocycles. The maximum Gasteiger partial charge on any atom is 0.194 e. The lowest BCUT2D eigenvalue weighted by Crippen LogP contribution is -2.13. The van der Waals surface area contributed by atoms with E-state index in [0.717, 1.165) is 0 Å². The van der Waals surface area contributed by atoms with Gasteiger partial charge in [0.2, 0.25) is 0 Å². The van der Waals surface area contributed by atoms with Crippen LogP contribution in [0.5, 0.6) is 11.5 Å². The predicted molar refractivity (Wildman–Crippen MR) is 169 cm³/mol. The van der Waals surface area contributed by atoms with Crippen LogP contribution in [-0.2, 0) is 9.59 Å². The molecule has 4 aromatic rings. The number of rotatable bonds is 4. The van der Waals surface area contributed by atoms with E-state index in [9.17, 15) is 25.1 Å². The summed E-state index contributed by atoms with van der Waals surface area (Å²) in [6, 6.07) is 28.4. The molecule has 2 aliphatic carbocycles. The molecule has 2 aliphatic rings. The van der Waals surface area contributed by atoms with E-state index in [-0.39, 0.29) is 23.1 Å². The zero-order chi connectivity index (χ0) is 30.8. The van der Waals surface area contributed by atoms with Gasteiger partial charge in [0, 0.05) is 22.3 Å². The molecular formula is C38H22N2O4. The number of hydrogen-bond acceptors (Lipinski definition) is 5. The van der Waals surface area contributed by atoms with Crippen LogP contribution in [0.15, 0.2) is 133 Å². The summed E-state index contributed by atoms with van der Waals surface area (Å²) in [4.78, 5) is 31.2. The van der Waals surface area contributed by atoms with Crippen molar-refractivity contribution in [2.45, 2.75) is 0 Å². The third kappa shape index (κ3) is 5.27. The normalized spacial score (nSPS) is 16.2. The number of hydrogen-bond donors (Lipinski definition) is 2. The molecule has 0 radical (unpaired) electrons. The van der Waals surface area contributed by atoms with Crippen LogP contribution >= 0.6 is 0 Å². The Morgan fingerprint density at radius 1 is 0.523 bits per heavy atom. The Labute approximate surface area is 253 Å². The number of Topliss-reactive ketones (excluding diaryl/α,β-unsaturated/α-hetero) is 2. The van der Waals surface area contributed by atoms with E-state index in [4.69, 9.17) is 6.57 Å². The Kier molecular flexibility index (Phi) is 7.17. The highest BCUT2D eigenvalue weighted by molar-refractivity contribution is 6.45. The van der Waals surface area contributed by atoms with Gasteiger partial charge in [-0.1, -0.05) is 60.7 Å². The van der Waals surface area contributed by atoms with Crippen molar-refractivity contribution in [1.29, 1.82) is 5.26 Å². The number of allylic oxidation sites excluding steroid dienone is 10. The molecule has 0 heterocycles. The quantitative estimate of drug-likeness (QED) is 0.246. The number of phenolic OH excluding ortho intramolecular Hbond substituents is 2. The largest absolute Gasteiger partial charge is 0.508 e. The van der Waals surface area contributed by atoms with Gasteiger partial charge >= 0.3 is 0 Å². The summed E-state index contributed by atoms with van der Waals surface area (Å²) in [7, 11) is 0. The monoisotopic (exact) mass is 570 g/mol. The van der Waals surface area contributed by atoms with Crippen LogP contribution in [0, 0.1) is 17.9 Å². The van der Waals surface area contributed by atoms with Crippen molar-refractivity contribution in [3.05, 3.63) is 172 Å². The number of phenols is 2. The second-order valence-corrected chi connectivity index (χ2v) is 10.2. The zero-order valence-corrected chi connectivity index (χ0v) is 23.2. The van der Waals surface area contributed by atoms with Crippen LogP contribution in [-0.4, -0.2) is 21.8 Å². The molecule has 44 heavy (non-hydrogen) atoms. The van der Waals surface area contributed by atoms with Crippen molar-refractivity contribution in [1.82, 2.24) is 0 Å². The summed E-state index contributed by atoms with van der Waals surface area (Å²) >= 11 is 0. The highest BCUT2D eigenvalue weighted by atomic mass is 16.3. The number of carbonyl (C=O) groups is 2. The molecule has 0 spiro atoms. The minimum Gasteiger partial charge on any atom is -0.508 e. The first-order valence-electron chi connectivity index (χ1n) is 13.6. The molecule has 6 heteroatoms. The van der Waals surface area contributed by atoms with Crippen LogP contribution in [0.3, 0.4) is 0 Å². The lowest BCUT2D eigenvalue weighted by molar-refractivity contribution is -0.109. The number of ketones is 2. The van der Waals surface area contributed by atoms with Crippen molar-refractivity contribution in [3.63, 3.8) is 0 Å². The molecule has 2 N–H and O–H groups in total. The molecule has 0 saturated carbocycles. The first-order chi connectivity index (χ1) is 21.3. The Hall–Kier alpha value is -6.50. The van der Waals surface area contributed by atoms with Gasteiger partial charge in [0.05, 0.1) is 18.2 Å². The van der Waals surface area contributed by atoms with Crippen molar-refractivity contribution in [2.24, 2.45) is 0 Å². The van der Waals surface area contributed by atoms with E-state index in [1.165, 1.54) is 24.3 Å². The van der Waals surface area contributed by atoms with Crippen LogP contribution in [0.4, 0.5) is 5.69 Å². The van der Waals surface area contributed by atoms with Crippen molar-refractivity contribution >= 4 is 39.5 Å². The van der Waals surface area contributed by atoms with E-state index in [0.29, 0.717) is 66.9 Å². The van der Waals surface area contributed by atoms with Gasteiger partial charge in [-0.15, -0.1) is 0 Å². The van der Waals surface area contributed by atoms with E-state index in [1.54, 1.807) is 97.1 Å². The summed E-state index contributed by atoms with van der Waals surface area (Å²) in [5, 5.41) is 29.0. The number of carbonyl (C=O) groups excluding carboxylic acids is 2. The number of benzene rings is 4. The maximum atomic E-state index is 13.9. The molecule has 0 atom stereocenters. The molecule has 0 amide bonds. The van der Waals surface area contributed by atoms with Crippen LogP contribution in [0.2, 0.25) is 0 Å². The van der Waals surface area contributed by atoms with E-state index in [1.807, 2.05) is 0 Å². The lowest BCUT2D eigenvalue weighted by atomic mass is 9.81. The van der Waals surface area contributed by atoms with E-state index >= 15 is 0 Å². The van der Waals surface area contributed by atoms with Gasteiger partial charge < -0.3 is 10.2 Å². The van der Waals surface area contributed by atoms with E-state index < -0.39 is 0 Å². The van der Waals surface area contributed by atoms with Gasteiger partial charge in [-0.2, -0.15) is 5.26 Å². The summed E-state index contributed by atoms with van der Waals surface area (Å²) in [6.07, 6.45) is 7.10. The Balaban J connectivity index is 1.61. The van der Waals surface area contributed by atoms with Gasteiger partial charge in [-0.25, -0.2) is 4.85 Å². The average Bonchev–Trinajstić information content (AvgIpc) is 3.06. The molecule has 0 unspecified atom stereocenters. The van der Waals surface area contributed by atoms with Gasteiger partial charge in [-0.3, -0.25) is 9.59 Å². The molecule has 0 saturated heterocycles. The lowest BCUT2D eigenvalue weighted by Gasteiger charge is -2.21. The van der Waals surface area contributed by atoms with Crippen molar-refractivity contribution in [2.75, 3.05) is 0 Å². The highest BCUT2D eigenvalue weighted by Crippen LogP contribution is 2.39. The second-order valence-electron chi connectivity index (χ2n) is 10.2. The Morgan fingerprint density at radius 2 is 0.841 bits per heavy atom. The minimum atomic E-state index is -0.224. The molecule has 0 aliphatic heterocycles. The molecule has 208 valence electrons. The van der Waals surface area contributed by atoms with Crippen LogP contribution in [0.1, 0.15) is 27.8 Å². The van der Waals surface area contributed by atoms with Gasteiger partial charge in [0.25, 0.3) is 0 Å².